The SMILES string of the molecule is COC(=O)c1c(C)cccc1C1CC1. The molecule has 0 aromatic heterocycles. The summed E-state index contributed by atoms with van der Waals surface area (Å²) in [6, 6.07) is 6.00. The molecule has 1 saturated carbocycles. The van der Waals surface area contributed by atoms with Crippen LogP contribution >= 0.6 is 0 Å². The lowest BCUT2D eigenvalue weighted by atomic mass is 9.99. The molecular formula is C12H14O2. The zero-order chi connectivity index (χ0) is 10.1. The standard InChI is InChI=1S/C12H14O2/c1-8-4-3-5-10(9-6-7-9)11(8)12(13)14-2/h3-5,9H,6-7H2,1-2H3. The lowest BCUT2D eigenvalue weighted by Gasteiger charge is -2.09. The second-order valence-corrected chi connectivity index (χ2v) is 3.80. The summed E-state index contributed by atoms with van der Waals surface area (Å²) in [6.45, 7) is 1.96. The Bertz CT molecular complexity index is 365. The molecule has 0 bridgehead atoms. The second-order valence-electron chi connectivity index (χ2n) is 3.80. The molecule has 14 heavy (non-hydrogen) atoms. The molecule has 0 spiro atoms. The maximum absolute atomic E-state index is 11.6. The van der Waals surface area contributed by atoms with Crippen LogP contribution in [-0.4, -0.2) is 13.1 Å². The van der Waals surface area contributed by atoms with Crippen LogP contribution in [0.15, 0.2) is 18.2 Å². The van der Waals surface area contributed by atoms with Gasteiger partial charge in [-0.15, -0.1) is 0 Å². The van der Waals surface area contributed by atoms with Crippen molar-refractivity contribution >= 4 is 5.97 Å². The van der Waals surface area contributed by atoms with Gasteiger partial charge in [-0.3, -0.25) is 0 Å². The molecule has 1 aliphatic carbocycles. The molecule has 0 aliphatic heterocycles. The number of rotatable bonds is 2. The summed E-state index contributed by atoms with van der Waals surface area (Å²) >= 11 is 0. The summed E-state index contributed by atoms with van der Waals surface area (Å²) in [5.74, 6) is 0.383. The number of aryl methyl sites for hydroxylation is 1. The van der Waals surface area contributed by atoms with Gasteiger partial charge in [-0.05, 0) is 36.8 Å². The minimum Gasteiger partial charge on any atom is -0.465 e. The van der Waals surface area contributed by atoms with Crippen molar-refractivity contribution in [3.63, 3.8) is 0 Å². The molecule has 1 aromatic carbocycles. The zero-order valence-electron chi connectivity index (χ0n) is 8.54. The van der Waals surface area contributed by atoms with Crippen molar-refractivity contribution in [2.24, 2.45) is 0 Å². The van der Waals surface area contributed by atoms with E-state index in [2.05, 4.69) is 0 Å². The number of benzene rings is 1. The quantitative estimate of drug-likeness (QED) is 0.670. The highest BCUT2D eigenvalue weighted by atomic mass is 16.5. The topological polar surface area (TPSA) is 26.3 Å². The van der Waals surface area contributed by atoms with Crippen LogP contribution in [0, 0.1) is 6.92 Å². The van der Waals surface area contributed by atoms with Crippen LogP contribution in [0.3, 0.4) is 0 Å². The Morgan fingerprint density at radius 2 is 2.14 bits per heavy atom. The largest absolute Gasteiger partial charge is 0.465 e. The van der Waals surface area contributed by atoms with Gasteiger partial charge in [-0.2, -0.15) is 0 Å². The van der Waals surface area contributed by atoms with Crippen molar-refractivity contribution in [3.8, 4) is 0 Å². The Balaban J connectivity index is 2.47. The van der Waals surface area contributed by atoms with E-state index >= 15 is 0 Å². The molecule has 0 heterocycles. The molecule has 2 rings (SSSR count). The molecule has 0 amide bonds. The molecule has 0 atom stereocenters. The molecule has 1 aromatic rings. The molecule has 2 nitrogen and oxygen atoms in total. The predicted molar refractivity (Wildman–Crippen MR) is 54.5 cm³/mol. The third-order valence-electron chi connectivity index (χ3n) is 2.71. The van der Waals surface area contributed by atoms with Crippen molar-refractivity contribution in [2.45, 2.75) is 25.7 Å². The first kappa shape index (κ1) is 9.25. The van der Waals surface area contributed by atoms with Gasteiger partial charge in [0.1, 0.15) is 0 Å². The first-order valence-electron chi connectivity index (χ1n) is 4.92. The van der Waals surface area contributed by atoms with E-state index in [9.17, 15) is 4.79 Å². The van der Waals surface area contributed by atoms with Crippen LogP contribution in [-0.2, 0) is 4.74 Å². The average molecular weight is 190 g/mol. The minimum absolute atomic E-state index is 0.204. The molecule has 0 N–H and O–H groups in total. The molecule has 0 unspecified atom stereocenters. The van der Waals surface area contributed by atoms with Gasteiger partial charge in [0.05, 0.1) is 12.7 Å². The number of methoxy groups -OCH3 is 1. The highest BCUT2D eigenvalue weighted by Crippen LogP contribution is 2.42. The summed E-state index contributed by atoms with van der Waals surface area (Å²) in [7, 11) is 1.44. The van der Waals surface area contributed by atoms with Crippen LogP contribution in [0.2, 0.25) is 0 Å². The van der Waals surface area contributed by atoms with Gasteiger partial charge in [0, 0.05) is 0 Å². The number of esters is 1. The Kier molecular flexibility index (Phi) is 2.28. The smallest absolute Gasteiger partial charge is 0.338 e. The van der Waals surface area contributed by atoms with Crippen LogP contribution in [0.1, 0.15) is 40.2 Å². The normalized spacial score (nSPS) is 15.3. The average Bonchev–Trinajstić information content (AvgIpc) is 2.99. The second kappa shape index (κ2) is 3.45. The van der Waals surface area contributed by atoms with Crippen molar-refractivity contribution in [1.82, 2.24) is 0 Å². The Morgan fingerprint density at radius 1 is 1.43 bits per heavy atom. The third kappa shape index (κ3) is 1.52. The van der Waals surface area contributed by atoms with Gasteiger partial charge in [0.2, 0.25) is 0 Å². The van der Waals surface area contributed by atoms with Crippen molar-refractivity contribution in [2.75, 3.05) is 7.11 Å². The van der Waals surface area contributed by atoms with E-state index in [1.54, 1.807) is 0 Å². The Hall–Kier alpha value is -1.31. The van der Waals surface area contributed by atoms with Crippen LogP contribution in [0.5, 0.6) is 0 Å². The molecule has 1 aliphatic rings. The lowest BCUT2D eigenvalue weighted by Crippen LogP contribution is -2.07. The fourth-order valence-corrected chi connectivity index (χ4v) is 1.81. The van der Waals surface area contributed by atoms with Gasteiger partial charge < -0.3 is 4.74 Å². The van der Waals surface area contributed by atoms with Crippen LogP contribution in [0.25, 0.3) is 0 Å². The summed E-state index contributed by atoms with van der Waals surface area (Å²) in [6.07, 6.45) is 2.40. The molecule has 0 saturated heterocycles. The Morgan fingerprint density at radius 3 is 2.71 bits per heavy atom. The van der Waals surface area contributed by atoms with E-state index in [0.29, 0.717) is 5.92 Å². The maximum atomic E-state index is 11.6. The summed E-state index contributed by atoms with van der Waals surface area (Å²) < 4.78 is 4.80. The van der Waals surface area contributed by atoms with Gasteiger partial charge in [-0.1, -0.05) is 18.2 Å². The predicted octanol–water partition coefficient (Wildman–Crippen LogP) is 2.66. The van der Waals surface area contributed by atoms with Gasteiger partial charge in [0.25, 0.3) is 0 Å². The van der Waals surface area contributed by atoms with Crippen LogP contribution in [0.4, 0.5) is 0 Å². The monoisotopic (exact) mass is 190 g/mol. The zero-order valence-corrected chi connectivity index (χ0v) is 8.54. The summed E-state index contributed by atoms with van der Waals surface area (Å²) in [5.41, 5.74) is 2.95. The first-order chi connectivity index (χ1) is 6.74. The highest BCUT2D eigenvalue weighted by Gasteiger charge is 2.28. The van der Waals surface area contributed by atoms with E-state index in [4.69, 9.17) is 4.74 Å². The minimum atomic E-state index is -0.204. The Labute approximate surface area is 83.9 Å². The summed E-state index contributed by atoms with van der Waals surface area (Å²) in [5, 5.41) is 0. The molecule has 2 heteroatoms. The van der Waals surface area contributed by atoms with Gasteiger partial charge in [-0.25, -0.2) is 4.79 Å². The number of hydrogen-bond acceptors (Lipinski definition) is 2. The molecular weight excluding hydrogens is 176 g/mol. The van der Waals surface area contributed by atoms with Crippen molar-refractivity contribution < 1.29 is 9.53 Å². The number of carbonyl (C=O) groups excluding carboxylic acids is 1. The van der Waals surface area contributed by atoms with Gasteiger partial charge in [0.15, 0.2) is 0 Å². The summed E-state index contributed by atoms with van der Waals surface area (Å²) in [4.78, 5) is 11.6. The van der Waals surface area contributed by atoms with E-state index in [-0.39, 0.29) is 5.97 Å². The molecule has 1 fully saturated rings. The van der Waals surface area contributed by atoms with Gasteiger partial charge >= 0.3 is 5.97 Å². The fourth-order valence-electron chi connectivity index (χ4n) is 1.81. The number of carbonyl (C=O) groups is 1. The third-order valence-corrected chi connectivity index (χ3v) is 2.71. The highest BCUT2D eigenvalue weighted by molar-refractivity contribution is 5.93. The van der Waals surface area contributed by atoms with E-state index in [1.807, 2.05) is 25.1 Å². The van der Waals surface area contributed by atoms with Crippen molar-refractivity contribution in [1.29, 1.82) is 0 Å². The fraction of sp³-hybridized carbons (Fsp3) is 0.417. The molecule has 0 radical (unpaired) electrons. The van der Waals surface area contributed by atoms with E-state index < -0.39 is 0 Å². The lowest BCUT2D eigenvalue weighted by molar-refractivity contribution is 0.0598. The van der Waals surface area contributed by atoms with E-state index in [0.717, 1.165) is 16.7 Å². The first-order valence-corrected chi connectivity index (χ1v) is 4.92. The molecule has 74 valence electrons. The maximum Gasteiger partial charge on any atom is 0.338 e. The van der Waals surface area contributed by atoms with E-state index in [1.165, 1.54) is 20.0 Å². The number of ether oxygens (including phenoxy) is 1. The number of hydrogen-bond donors (Lipinski definition) is 0. The van der Waals surface area contributed by atoms with Crippen LogP contribution < -0.4 is 0 Å². The van der Waals surface area contributed by atoms with Crippen molar-refractivity contribution in [3.05, 3.63) is 34.9 Å².